The molecule has 0 spiro atoms. The molecule has 0 saturated carbocycles. The summed E-state index contributed by atoms with van der Waals surface area (Å²) in [5, 5.41) is 29.0. The normalized spacial score (nSPS) is 15.2. The van der Waals surface area contributed by atoms with E-state index < -0.39 is 17.9 Å². The van der Waals surface area contributed by atoms with Crippen molar-refractivity contribution in [3.63, 3.8) is 0 Å². The molecule has 0 fully saturated rings. The van der Waals surface area contributed by atoms with Gasteiger partial charge in [-0.25, -0.2) is 9.59 Å². The number of nitriles is 1. The van der Waals surface area contributed by atoms with Gasteiger partial charge in [-0.15, -0.1) is 0 Å². The van der Waals surface area contributed by atoms with Gasteiger partial charge in [-0.05, 0) is 25.5 Å². The third-order valence-corrected chi connectivity index (χ3v) is 4.54. The maximum atomic E-state index is 12.0. The first-order valence-corrected chi connectivity index (χ1v) is 7.98. The zero-order valence-corrected chi connectivity index (χ0v) is 14.8. The summed E-state index contributed by atoms with van der Waals surface area (Å²) in [5.41, 5.74) is 1.40. The molecule has 0 saturated heterocycles. The van der Waals surface area contributed by atoms with Gasteiger partial charge in [0.1, 0.15) is 0 Å². The maximum Gasteiger partial charge on any atom is 0.334 e. The molecule has 0 aromatic heterocycles. The topological polar surface area (TPSA) is 111 Å². The van der Waals surface area contributed by atoms with E-state index in [0.29, 0.717) is 30.1 Å². The third-order valence-electron chi connectivity index (χ3n) is 4.54. The van der Waals surface area contributed by atoms with Gasteiger partial charge < -0.3 is 19.8 Å². The van der Waals surface area contributed by atoms with Crippen molar-refractivity contribution in [3.05, 3.63) is 57.9 Å². The van der Waals surface area contributed by atoms with E-state index in [2.05, 4.69) is 0 Å². The molecule has 1 aromatic carbocycles. The summed E-state index contributed by atoms with van der Waals surface area (Å²) in [5.74, 6) is -3.46. The van der Waals surface area contributed by atoms with Gasteiger partial charge in [-0.1, -0.05) is 18.2 Å². The van der Waals surface area contributed by atoms with Gasteiger partial charge in [0.2, 0.25) is 0 Å². The molecule has 0 aliphatic carbocycles. The molecule has 1 heterocycles. The molecule has 0 bridgehead atoms. The number of methoxy groups -OCH3 is 1. The van der Waals surface area contributed by atoms with Crippen LogP contribution in [0.5, 0.6) is 0 Å². The number of aliphatic carboxylic acids is 2. The van der Waals surface area contributed by atoms with Gasteiger partial charge in [0.05, 0.1) is 35.3 Å². The van der Waals surface area contributed by atoms with Crippen LogP contribution in [0.4, 0.5) is 0 Å². The number of hydrogen-bond donors (Lipinski definition) is 2. The monoisotopic (exact) mass is 356 g/mol. The summed E-state index contributed by atoms with van der Waals surface area (Å²) >= 11 is 0. The Balaban J connectivity index is 2.78. The number of benzene rings is 1. The highest BCUT2D eigenvalue weighted by molar-refractivity contribution is 5.98. The minimum Gasteiger partial charge on any atom is -0.478 e. The zero-order valence-electron chi connectivity index (χ0n) is 14.8. The zero-order chi connectivity index (χ0) is 19.4. The van der Waals surface area contributed by atoms with E-state index in [4.69, 9.17) is 4.74 Å². The number of ether oxygens (including phenoxy) is 1. The molecule has 1 aliphatic heterocycles. The highest BCUT2D eigenvalue weighted by Crippen LogP contribution is 2.42. The van der Waals surface area contributed by atoms with Crippen molar-refractivity contribution in [2.45, 2.75) is 19.8 Å². The van der Waals surface area contributed by atoms with Crippen LogP contribution in [-0.2, 0) is 14.3 Å². The van der Waals surface area contributed by atoms with Crippen molar-refractivity contribution < 1.29 is 24.5 Å². The summed E-state index contributed by atoms with van der Waals surface area (Å²) in [6.45, 7) is 3.93. The van der Waals surface area contributed by atoms with Crippen LogP contribution in [0, 0.1) is 11.3 Å². The molecule has 136 valence electrons. The highest BCUT2D eigenvalue weighted by atomic mass is 16.5. The quantitative estimate of drug-likeness (QED) is 0.804. The number of carboxylic acids is 2. The summed E-state index contributed by atoms with van der Waals surface area (Å²) in [6.07, 6.45) is 0. The standard InChI is InChI=1S/C19H20N2O5/c1-11-15(18(22)23)17(14-7-5-4-6-13(14)10-20)16(19(24)25)12(2)21(11)8-9-26-3/h4-7,17H,8-9H2,1-3H3,(H,22,23)(H,24,25). The Morgan fingerprint density at radius 2 is 1.69 bits per heavy atom. The minimum absolute atomic E-state index is 0.0493. The number of allylic oxidation sites excluding steroid dienone is 2. The van der Waals surface area contributed by atoms with E-state index in [-0.39, 0.29) is 16.7 Å². The molecule has 0 amide bonds. The minimum atomic E-state index is -1.21. The Bertz CT molecular complexity index is 810. The Morgan fingerprint density at radius 1 is 1.15 bits per heavy atom. The first-order valence-electron chi connectivity index (χ1n) is 7.98. The second-order valence-corrected chi connectivity index (χ2v) is 5.88. The SMILES string of the molecule is COCCN1C(C)=C(C(=O)O)C(c2ccccc2C#N)C(C(=O)O)=C1C. The molecular formula is C19H20N2O5. The lowest BCUT2D eigenvalue weighted by molar-refractivity contribution is -0.133. The fourth-order valence-electron chi connectivity index (χ4n) is 3.34. The van der Waals surface area contributed by atoms with Crippen molar-refractivity contribution in [2.24, 2.45) is 0 Å². The van der Waals surface area contributed by atoms with Crippen LogP contribution >= 0.6 is 0 Å². The number of carboxylic acid groups (broad SMARTS) is 2. The third kappa shape index (κ3) is 3.32. The molecule has 0 unspecified atom stereocenters. The molecule has 1 aliphatic rings. The molecule has 26 heavy (non-hydrogen) atoms. The van der Waals surface area contributed by atoms with Gasteiger partial charge in [-0.3, -0.25) is 0 Å². The molecule has 2 rings (SSSR count). The second-order valence-electron chi connectivity index (χ2n) is 5.88. The predicted molar refractivity (Wildman–Crippen MR) is 93.2 cm³/mol. The van der Waals surface area contributed by atoms with Crippen LogP contribution < -0.4 is 0 Å². The predicted octanol–water partition coefficient (Wildman–Crippen LogP) is 2.32. The number of rotatable bonds is 6. The van der Waals surface area contributed by atoms with E-state index in [1.54, 1.807) is 43.0 Å². The first kappa shape index (κ1) is 19.2. The van der Waals surface area contributed by atoms with Crippen LogP contribution in [0.1, 0.15) is 30.9 Å². The lowest BCUT2D eigenvalue weighted by atomic mass is 9.78. The van der Waals surface area contributed by atoms with E-state index in [1.807, 2.05) is 6.07 Å². The van der Waals surface area contributed by atoms with Gasteiger partial charge in [-0.2, -0.15) is 5.26 Å². The summed E-state index contributed by atoms with van der Waals surface area (Å²) in [4.78, 5) is 25.7. The molecule has 7 nitrogen and oxygen atoms in total. The van der Waals surface area contributed by atoms with E-state index in [0.717, 1.165) is 0 Å². The fraction of sp³-hybridized carbons (Fsp3) is 0.316. The fourth-order valence-corrected chi connectivity index (χ4v) is 3.34. The average Bonchev–Trinajstić information content (AvgIpc) is 2.60. The Morgan fingerprint density at radius 3 is 2.15 bits per heavy atom. The molecule has 2 N–H and O–H groups in total. The van der Waals surface area contributed by atoms with Gasteiger partial charge in [0.25, 0.3) is 0 Å². The Labute approximate surface area is 151 Å². The Hall–Kier alpha value is -3.11. The summed E-state index contributed by atoms with van der Waals surface area (Å²) in [6, 6.07) is 8.49. The number of carbonyl (C=O) groups is 2. The lowest BCUT2D eigenvalue weighted by Gasteiger charge is -2.37. The van der Waals surface area contributed by atoms with Gasteiger partial charge in [0, 0.05) is 25.0 Å². The first-order chi connectivity index (χ1) is 12.3. The molecule has 0 atom stereocenters. The van der Waals surface area contributed by atoms with Crippen molar-refractivity contribution in [2.75, 3.05) is 20.3 Å². The molecule has 0 radical (unpaired) electrons. The van der Waals surface area contributed by atoms with Crippen LogP contribution in [0.15, 0.2) is 46.8 Å². The summed E-state index contributed by atoms with van der Waals surface area (Å²) in [7, 11) is 1.52. The van der Waals surface area contributed by atoms with E-state index >= 15 is 0 Å². The maximum absolute atomic E-state index is 12.0. The van der Waals surface area contributed by atoms with Crippen LogP contribution in [0.25, 0.3) is 0 Å². The highest BCUT2D eigenvalue weighted by Gasteiger charge is 2.40. The molecular weight excluding hydrogens is 336 g/mol. The average molecular weight is 356 g/mol. The van der Waals surface area contributed by atoms with Crippen LogP contribution in [0.3, 0.4) is 0 Å². The van der Waals surface area contributed by atoms with Crippen LogP contribution in [-0.4, -0.2) is 47.3 Å². The molecule has 7 heteroatoms. The van der Waals surface area contributed by atoms with Gasteiger partial charge in [0.15, 0.2) is 0 Å². The van der Waals surface area contributed by atoms with Crippen molar-refractivity contribution in [1.82, 2.24) is 4.90 Å². The Kier molecular flexibility index (Phi) is 5.80. The largest absolute Gasteiger partial charge is 0.478 e. The van der Waals surface area contributed by atoms with E-state index in [9.17, 15) is 25.1 Å². The second kappa shape index (κ2) is 7.85. The van der Waals surface area contributed by atoms with Crippen molar-refractivity contribution in [3.8, 4) is 6.07 Å². The lowest BCUT2D eigenvalue weighted by Crippen LogP contribution is -2.36. The van der Waals surface area contributed by atoms with Gasteiger partial charge >= 0.3 is 11.9 Å². The summed E-state index contributed by atoms with van der Waals surface area (Å²) < 4.78 is 5.06. The van der Waals surface area contributed by atoms with Crippen LogP contribution in [0.2, 0.25) is 0 Å². The molecule has 1 aromatic rings. The van der Waals surface area contributed by atoms with Crippen molar-refractivity contribution in [1.29, 1.82) is 5.26 Å². The number of nitrogens with zero attached hydrogens (tertiary/aromatic N) is 2. The smallest absolute Gasteiger partial charge is 0.334 e. The van der Waals surface area contributed by atoms with Crippen molar-refractivity contribution >= 4 is 11.9 Å². The van der Waals surface area contributed by atoms with E-state index in [1.165, 1.54) is 7.11 Å². The number of hydrogen-bond acceptors (Lipinski definition) is 5.